The van der Waals surface area contributed by atoms with E-state index in [1.165, 1.54) is 0 Å². The first-order valence-corrected chi connectivity index (χ1v) is 9.73. The molecule has 6 nitrogen and oxygen atoms in total. The molecule has 0 unspecified atom stereocenters. The number of non-ortho nitro benzene ring substituents is 1. The van der Waals surface area contributed by atoms with Crippen LogP contribution in [0, 0.1) is 10.1 Å². The Morgan fingerprint density at radius 3 is 2.52 bits per heavy atom. The maximum atomic E-state index is 11.4. The first-order chi connectivity index (χ1) is 14.2. The van der Waals surface area contributed by atoms with Crippen LogP contribution in [0.3, 0.4) is 0 Å². The van der Waals surface area contributed by atoms with Crippen molar-refractivity contribution in [3.8, 4) is 11.1 Å². The topological polar surface area (TPSA) is 71.3 Å². The summed E-state index contributed by atoms with van der Waals surface area (Å²) in [7, 11) is 0. The van der Waals surface area contributed by atoms with Gasteiger partial charge in [0.25, 0.3) is 5.69 Å². The van der Waals surface area contributed by atoms with Crippen molar-refractivity contribution >= 4 is 23.2 Å². The third-order valence-electron chi connectivity index (χ3n) is 5.54. The third kappa shape index (κ3) is 3.07. The van der Waals surface area contributed by atoms with Crippen molar-refractivity contribution in [2.45, 2.75) is 0 Å². The number of fused-ring (bicyclic) bond motifs is 3. The van der Waals surface area contributed by atoms with Crippen LogP contribution in [0.4, 0.5) is 11.5 Å². The summed E-state index contributed by atoms with van der Waals surface area (Å²) in [6.45, 7) is 3.69. The molecule has 0 saturated carbocycles. The van der Waals surface area contributed by atoms with Crippen LogP contribution >= 0.6 is 0 Å². The van der Waals surface area contributed by atoms with E-state index in [2.05, 4.69) is 39.5 Å². The molecular weight excluding hydrogens is 364 g/mol. The number of piperazine rings is 1. The molecule has 1 aliphatic carbocycles. The summed E-state index contributed by atoms with van der Waals surface area (Å²) in [4.78, 5) is 18.0. The van der Waals surface area contributed by atoms with Crippen LogP contribution in [0.15, 0.2) is 60.8 Å². The quantitative estimate of drug-likeness (QED) is 0.427. The number of hydrogen-bond acceptors (Lipinski definition) is 5. The van der Waals surface area contributed by atoms with Crippen LogP contribution in [0.1, 0.15) is 16.7 Å². The van der Waals surface area contributed by atoms with Crippen molar-refractivity contribution in [1.29, 1.82) is 0 Å². The molecule has 3 aromatic rings. The average molecular weight is 384 g/mol. The van der Waals surface area contributed by atoms with Gasteiger partial charge in [0.15, 0.2) is 0 Å². The van der Waals surface area contributed by atoms with Gasteiger partial charge in [-0.1, -0.05) is 24.3 Å². The van der Waals surface area contributed by atoms with E-state index >= 15 is 0 Å². The highest BCUT2D eigenvalue weighted by Crippen LogP contribution is 2.46. The Morgan fingerprint density at radius 2 is 1.72 bits per heavy atom. The normalized spacial score (nSPS) is 16.6. The van der Waals surface area contributed by atoms with Gasteiger partial charge in [-0.3, -0.25) is 10.1 Å². The van der Waals surface area contributed by atoms with Gasteiger partial charge < -0.3 is 10.2 Å². The minimum atomic E-state index is -0.336. The largest absolute Gasteiger partial charge is 0.354 e. The number of nitrogens with one attached hydrogen (secondary N) is 1. The monoisotopic (exact) mass is 384 g/mol. The van der Waals surface area contributed by atoms with Gasteiger partial charge in [0.2, 0.25) is 0 Å². The zero-order valence-electron chi connectivity index (χ0n) is 15.8. The molecule has 0 bridgehead atoms. The van der Waals surface area contributed by atoms with E-state index in [1.54, 1.807) is 12.1 Å². The molecule has 1 aromatic heterocycles. The van der Waals surface area contributed by atoms with Gasteiger partial charge in [-0.25, -0.2) is 4.98 Å². The van der Waals surface area contributed by atoms with E-state index in [-0.39, 0.29) is 10.6 Å². The Labute approximate surface area is 168 Å². The van der Waals surface area contributed by atoms with Crippen LogP contribution in [-0.2, 0) is 0 Å². The maximum absolute atomic E-state index is 11.4. The Hall–Kier alpha value is -3.51. The molecule has 1 saturated heterocycles. The lowest BCUT2D eigenvalue weighted by Crippen LogP contribution is -2.44. The summed E-state index contributed by atoms with van der Waals surface area (Å²) in [5.74, 6) is 0.956. The van der Waals surface area contributed by atoms with Crippen LogP contribution in [0.5, 0.6) is 0 Å². The first-order valence-electron chi connectivity index (χ1n) is 9.73. The van der Waals surface area contributed by atoms with Crippen molar-refractivity contribution in [1.82, 2.24) is 10.3 Å². The number of nitro groups is 1. The van der Waals surface area contributed by atoms with Crippen LogP contribution in [0.25, 0.3) is 22.8 Å². The van der Waals surface area contributed by atoms with Crippen LogP contribution < -0.4 is 10.2 Å². The smallest absolute Gasteiger partial charge is 0.270 e. The molecule has 2 aliphatic rings. The van der Waals surface area contributed by atoms with E-state index in [0.29, 0.717) is 0 Å². The van der Waals surface area contributed by atoms with Crippen molar-refractivity contribution in [2.75, 3.05) is 31.1 Å². The molecule has 0 spiro atoms. The fraction of sp³-hybridized carbons (Fsp3) is 0.174. The highest BCUT2D eigenvalue weighted by atomic mass is 16.6. The van der Waals surface area contributed by atoms with Crippen molar-refractivity contribution in [2.24, 2.45) is 0 Å². The summed E-state index contributed by atoms with van der Waals surface area (Å²) in [6, 6.07) is 17.3. The standard InChI is InChI=1S/C23H20N4O2/c28-27(29)17-7-8-20-18-5-1-2-6-19(18)21(22(20)15-17)14-16-4-3-9-25-23(16)26-12-10-24-11-13-26/h1-9,14-15,24H,10-13H2/b21-14+. The summed E-state index contributed by atoms with van der Waals surface area (Å²) < 4.78 is 0. The summed E-state index contributed by atoms with van der Waals surface area (Å²) in [6.07, 6.45) is 3.94. The molecule has 29 heavy (non-hydrogen) atoms. The summed E-state index contributed by atoms with van der Waals surface area (Å²) >= 11 is 0. The van der Waals surface area contributed by atoms with Crippen molar-refractivity contribution in [3.63, 3.8) is 0 Å². The predicted octanol–water partition coefficient (Wildman–Crippen LogP) is 3.97. The van der Waals surface area contributed by atoms with E-state index in [4.69, 9.17) is 0 Å². The Balaban J connectivity index is 1.68. The van der Waals surface area contributed by atoms with Gasteiger partial charge in [0.1, 0.15) is 5.82 Å². The lowest BCUT2D eigenvalue weighted by atomic mass is 10.0. The second-order valence-corrected chi connectivity index (χ2v) is 7.24. The van der Waals surface area contributed by atoms with E-state index in [0.717, 1.165) is 65.4 Å². The molecule has 1 fully saturated rings. The van der Waals surface area contributed by atoms with Crippen molar-refractivity contribution < 1.29 is 4.92 Å². The Bertz CT molecular complexity index is 1130. The number of anilines is 1. The molecular formula is C23H20N4O2. The summed E-state index contributed by atoms with van der Waals surface area (Å²) in [5, 5.41) is 14.7. The number of hydrogen-bond donors (Lipinski definition) is 1. The number of nitro benzene ring substituents is 1. The first kappa shape index (κ1) is 17.6. The molecule has 5 rings (SSSR count). The molecule has 6 heteroatoms. The Morgan fingerprint density at radius 1 is 0.966 bits per heavy atom. The second-order valence-electron chi connectivity index (χ2n) is 7.24. The molecule has 0 radical (unpaired) electrons. The maximum Gasteiger partial charge on any atom is 0.270 e. The van der Waals surface area contributed by atoms with E-state index < -0.39 is 0 Å². The number of aromatic nitrogens is 1. The molecule has 144 valence electrons. The molecule has 1 N–H and O–H groups in total. The highest BCUT2D eigenvalue weighted by molar-refractivity contribution is 6.07. The highest BCUT2D eigenvalue weighted by Gasteiger charge is 2.26. The van der Waals surface area contributed by atoms with E-state index in [9.17, 15) is 10.1 Å². The number of rotatable bonds is 3. The fourth-order valence-corrected chi connectivity index (χ4v) is 4.18. The van der Waals surface area contributed by atoms with E-state index in [1.807, 2.05) is 30.5 Å². The average Bonchev–Trinajstić information content (AvgIpc) is 3.08. The minimum Gasteiger partial charge on any atom is -0.354 e. The van der Waals surface area contributed by atoms with Gasteiger partial charge in [-0.05, 0) is 52.1 Å². The van der Waals surface area contributed by atoms with Gasteiger partial charge in [-0.15, -0.1) is 0 Å². The van der Waals surface area contributed by atoms with Crippen molar-refractivity contribution in [3.05, 3.63) is 87.6 Å². The molecule has 2 heterocycles. The van der Waals surface area contributed by atoms with Gasteiger partial charge in [-0.2, -0.15) is 0 Å². The minimum absolute atomic E-state index is 0.107. The Kier molecular flexibility index (Phi) is 4.33. The predicted molar refractivity (Wildman–Crippen MR) is 115 cm³/mol. The zero-order chi connectivity index (χ0) is 19.8. The van der Waals surface area contributed by atoms with Gasteiger partial charge in [0.05, 0.1) is 4.92 Å². The summed E-state index contributed by atoms with van der Waals surface area (Å²) in [5.41, 5.74) is 6.27. The van der Waals surface area contributed by atoms with Gasteiger partial charge in [0, 0.05) is 50.1 Å². The lowest BCUT2D eigenvalue weighted by Gasteiger charge is -2.29. The fourth-order valence-electron chi connectivity index (χ4n) is 4.18. The SMILES string of the molecule is O=[N+]([O-])c1ccc2c(c1)/C(=C/c1cccnc1N1CCNCC1)c1ccccc1-2. The van der Waals surface area contributed by atoms with Crippen LogP contribution in [-0.4, -0.2) is 36.1 Å². The number of pyridine rings is 1. The molecule has 0 amide bonds. The molecule has 2 aromatic carbocycles. The third-order valence-corrected chi connectivity index (χ3v) is 5.54. The molecule has 1 aliphatic heterocycles. The van der Waals surface area contributed by atoms with Crippen LogP contribution in [0.2, 0.25) is 0 Å². The second kappa shape index (κ2) is 7.14. The molecule has 0 atom stereocenters. The van der Waals surface area contributed by atoms with Gasteiger partial charge >= 0.3 is 0 Å². The number of nitrogens with zero attached hydrogens (tertiary/aromatic N) is 3. The zero-order valence-corrected chi connectivity index (χ0v) is 15.8. The lowest BCUT2D eigenvalue weighted by molar-refractivity contribution is -0.384. The number of benzene rings is 2.